The van der Waals surface area contributed by atoms with E-state index in [4.69, 9.17) is 4.74 Å². The number of esters is 1. The van der Waals surface area contributed by atoms with Crippen LogP contribution in [0.4, 0.5) is 0 Å². The van der Waals surface area contributed by atoms with Crippen molar-refractivity contribution in [3.05, 3.63) is 84.2 Å². The minimum atomic E-state index is -0.641. The number of allylic oxidation sites excluding steroid dienone is 2. The second-order valence-corrected chi connectivity index (χ2v) is 8.04. The Labute approximate surface area is 144 Å². The van der Waals surface area contributed by atoms with Crippen molar-refractivity contribution < 1.29 is 9.53 Å². The molecule has 0 bridgehead atoms. The fourth-order valence-electron chi connectivity index (χ4n) is 3.04. The molecule has 122 valence electrons. The summed E-state index contributed by atoms with van der Waals surface area (Å²) in [5, 5.41) is 3.96. The Morgan fingerprint density at radius 1 is 1.00 bits per heavy atom. The third kappa shape index (κ3) is 3.66. The molecule has 0 N–H and O–H groups in total. The summed E-state index contributed by atoms with van der Waals surface area (Å²) in [7, 11) is -0.641. The van der Waals surface area contributed by atoms with Gasteiger partial charge in [-0.2, -0.15) is 0 Å². The van der Waals surface area contributed by atoms with Crippen molar-refractivity contribution in [3.63, 3.8) is 0 Å². The minimum absolute atomic E-state index is 0.125. The predicted octanol–water partition coefficient (Wildman–Crippen LogP) is 4.14. The maximum absolute atomic E-state index is 11.4. The number of rotatable bonds is 5. The highest BCUT2D eigenvalue weighted by molar-refractivity contribution is 7.76. The first kappa shape index (κ1) is 16.7. The molecule has 0 amide bonds. The first-order valence-electron chi connectivity index (χ1n) is 8.12. The third-order valence-corrected chi connectivity index (χ3v) is 6.66. The van der Waals surface area contributed by atoms with Crippen LogP contribution in [0, 0.1) is 5.92 Å². The first-order chi connectivity index (χ1) is 11.7. The van der Waals surface area contributed by atoms with Crippen molar-refractivity contribution in [1.82, 2.24) is 0 Å². The lowest BCUT2D eigenvalue weighted by Crippen LogP contribution is -2.24. The Morgan fingerprint density at radius 2 is 1.54 bits per heavy atom. The third-order valence-electron chi connectivity index (χ3n) is 4.07. The molecule has 0 aliphatic heterocycles. The SMILES string of the molecule is CC(=O)OC(C)C1C=CC=C1P(c1ccccc1)c1ccccc1. The van der Waals surface area contributed by atoms with Crippen LogP contribution in [-0.4, -0.2) is 12.1 Å². The van der Waals surface area contributed by atoms with E-state index in [1.165, 1.54) is 22.8 Å². The summed E-state index contributed by atoms with van der Waals surface area (Å²) in [5.74, 6) is -0.105. The van der Waals surface area contributed by atoms with Crippen LogP contribution in [0.1, 0.15) is 13.8 Å². The van der Waals surface area contributed by atoms with Gasteiger partial charge >= 0.3 is 5.97 Å². The predicted molar refractivity (Wildman–Crippen MR) is 101 cm³/mol. The van der Waals surface area contributed by atoms with Gasteiger partial charge in [0, 0.05) is 12.8 Å². The van der Waals surface area contributed by atoms with Crippen molar-refractivity contribution in [1.29, 1.82) is 0 Å². The molecule has 2 atom stereocenters. The molecular weight excluding hydrogens is 315 g/mol. The van der Waals surface area contributed by atoms with Crippen LogP contribution < -0.4 is 10.6 Å². The van der Waals surface area contributed by atoms with E-state index in [1.807, 2.05) is 19.1 Å². The molecule has 2 nitrogen and oxygen atoms in total. The summed E-state index contributed by atoms with van der Waals surface area (Å²) in [4.78, 5) is 11.4. The second kappa shape index (κ2) is 7.59. The molecule has 0 aromatic heterocycles. The molecular formula is C21H21O2P. The normalized spacial score (nSPS) is 17.6. The minimum Gasteiger partial charge on any atom is -0.462 e. The van der Waals surface area contributed by atoms with Crippen LogP contribution in [-0.2, 0) is 9.53 Å². The number of carbonyl (C=O) groups excluding carboxylic acids is 1. The van der Waals surface area contributed by atoms with E-state index >= 15 is 0 Å². The average molecular weight is 336 g/mol. The molecule has 2 aromatic carbocycles. The molecule has 0 saturated heterocycles. The number of benzene rings is 2. The van der Waals surface area contributed by atoms with E-state index in [2.05, 4.69) is 66.8 Å². The number of carbonyl (C=O) groups is 1. The number of ether oxygens (including phenoxy) is 1. The maximum Gasteiger partial charge on any atom is 0.302 e. The zero-order valence-corrected chi connectivity index (χ0v) is 14.8. The van der Waals surface area contributed by atoms with Gasteiger partial charge in [0.15, 0.2) is 0 Å². The lowest BCUT2D eigenvalue weighted by Gasteiger charge is -2.28. The van der Waals surface area contributed by atoms with Crippen LogP contribution in [0.15, 0.2) is 84.2 Å². The van der Waals surface area contributed by atoms with Crippen LogP contribution in [0.2, 0.25) is 0 Å². The molecule has 0 saturated carbocycles. The van der Waals surface area contributed by atoms with Crippen LogP contribution >= 0.6 is 7.92 Å². The van der Waals surface area contributed by atoms with Gasteiger partial charge in [0.05, 0.1) is 0 Å². The Morgan fingerprint density at radius 3 is 2.04 bits per heavy atom. The molecule has 3 rings (SSSR count). The van der Waals surface area contributed by atoms with Gasteiger partial charge in [-0.15, -0.1) is 0 Å². The second-order valence-electron chi connectivity index (χ2n) is 5.82. The van der Waals surface area contributed by atoms with E-state index in [1.54, 1.807) is 0 Å². The Kier molecular flexibility index (Phi) is 5.27. The summed E-state index contributed by atoms with van der Waals surface area (Å²) < 4.78 is 5.47. The smallest absolute Gasteiger partial charge is 0.302 e. The lowest BCUT2D eigenvalue weighted by atomic mass is 10.1. The number of hydrogen-bond donors (Lipinski definition) is 0. The Balaban J connectivity index is 1.99. The molecule has 3 heteroatoms. The summed E-state index contributed by atoms with van der Waals surface area (Å²) in [6.45, 7) is 3.44. The van der Waals surface area contributed by atoms with Gasteiger partial charge in [-0.25, -0.2) is 0 Å². The van der Waals surface area contributed by atoms with E-state index in [0.29, 0.717) is 0 Å². The van der Waals surface area contributed by atoms with Crippen LogP contribution in [0.25, 0.3) is 0 Å². The van der Waals surface area contributed by atoms with Crippen LogP contribution in [0.5, 0.6) is 0 Å². The van der Waals surface area contributed by atoms with Gasteiger partial charge in [0.2, 0.25) is 0 Å². The largest absolute Gasteiger partial charge is 0.462 e. The van der Waals surface area contributed by atoms with E-state index in [-0.39, 0.29) is 18.0 Å². The lowest BCUT2D eigenvalue weighted by molar-refractivity contribution is -0.146. The molecule has 0 heterocycles. The topological polar surface area (TPSA) is 26.3 Å². The standard InChI is InChI=1S/C21H21O2P/c1-16(23-17(2)22)20-14-9-15-21(20)24(18-10-5-3-6-11-18)19-12-7-4-8-13-19/h3-16,20H,1-2H3. The average Bonchev–Trinajstić information content (AvgIpc) is 3.06. The zero-order chi connectivity index (χ0) is 16.9. The van der Waals surface area contributed by atoms with Crippen molar-refractivity contribution >= 4 is 24.5 Å². The molecule has 2 unspecified atom stereocenters. The zero-order valence-electron chi connectivity index (χ0n) is 13.9. The first-order valence-corrected chi connectivity index (χ1v) is 9.47. The van der Waals surface area contributed by atoms with Gasteiger partial charge < -0.3 is 4.74 Å². The van der Waals surface area contributed by atoms with Gasteiger partial charge in [-0.1, -0.05) is 78.9 Å². The summed E-state index contributed by atoms with van der Waals surface area (Å²) in [6.07, 6.45) is 6.26. The molecule has 2 aromatic rings. The quantitative estimate of drug-likeness (QED) is 0.606. The van der Waals surface area contributed by atoms with E-state index < -0.39 is 7.92 Å². The molecule has 0 radical (unpaired) electrons. The van der Waals surface area contributed by atoms with Gasteiger partial charge in [-0.3, -0.25) is 4.79 Å². The van der Waals surface area contributed by atoms with Crippen molar-refractivity contribution in [2.24, 2.45) is 5.92 Å². The fourth-order valence-corrected chi connectivity index (χ4v) is 5.70. The molecule has 0 spiro atoms. The van der Waals surface area contributed by atoms with E-state index in [9.17, 15) is 4.79 Å². The highest BCUT2D eigenvalue weighted by Gasteiger charge is 2.30. The van der Waals surface area contributed by atoms with Crippen LogP contribution in [0.3, 0.4) is 0 Å². The fraction of sp³-hybridized carbons (Fsp3) is 0.190. The Bertz CT molecular complexity index is 710. The molecule has 0 fully saturated rings. The van der Waals surface area contributed by atoms with Gasteiger partial charge in [-0.05, 0) is 30.8 Å². The summed E-state index contributed by atoms with van der Waals surface area (Å²) in [5.41, 5.74) is 0. The van der Waals surface area contributed by atoms with Crippen molar-refractivity contribution in [3.8, 4) is 0 Å². The maximum atomic E-state index is 11.4. The summed E-state index contributed by atoms with van der Waals surface area (Å²) >= 11 is 0. The molecule has 24 heavy (non-hydrogen) atoms. The monoisotopic (exact) mass is 336 g/mol. The van der Waals surface area contributed by atoms with E-state index in [0.717, 1.165) is 0 Å². The van der Waals surface area contributed by atoms with Crippen molar-refractivity contribution in [2.45, 2.75) is 20.0 Å². The number of hydrogen-bond acceptors (Lipinski definition) is 2. The Hall–Kier alpha value is -2.18. The summed E-state index contributed by atoms with van der Waals surface area (Å²) in [6, 6.07) is 21.2. The van der Waals surface area contributed by atoms with Crippen molar-refractivity contribution in [2.75, 3.05) is 0 Å². The highest BCUT2D eigenvalue weighted by atomic mass is 31.1. The van der Waals surface area contributed by atoms with Gasteiger partial charge in [0.25, 0.3) is 0 Å². The highest BCUT2D eigenvalue weighted by Crippen LogP contribution is 2.50. The molecule has 1 aliphatic rings. The molecule has 1 aliphatic carbocycles. The van der Waals surface area contributed by atoms with Gasteiger partial charge in [0.1, 0.15) is 6.10 Å².